The molecule has 0 bridgehead atoms. The number of amides is 1. The molecular weight excluding hydrogens is 250 g/mol. The number of nitrogens with zero attached hydrogens (tertiary/aromatic N) is 2. The summed E-state index contributed by atoms with van der Waals surface area (Å²) in [6.45, 7) is 8.35. The summed E-state index contributed by atoms with van der Waals surface area (Å²) in [6, 6.07) is 8.17. The quantitative estimate of drug-likeness (QED) is 0.585. The molecule has 0 fully saturated rings. The number of carbonyl (C=O) groups excluding carboxylic acids is 1. The van der Waals surface area contributed by atoms with E-state index in [9.17, 15) is 4.79 Å². The van der Waals surface area contributed by atoms with Crippen molar-refractivity contribution < 1.29 is 4.79 Å². The SMILES string of the molecule is CCCCC(=O)N/N=C/c1ccc(N(CC)CC)cc1. The van der Waals surface area contributed by atoms with Crippen LogP contribution in [0.2, 0.25) is 0 Å². The highest BCUT2D eigenvalue weighted by atomic mass is 16.2. The summed E-state index contributed by atoms with van der Waals surface area (Å²) in [5, 5.41) is 3.97. The molecule has 0 spiro atoms. The van der Waals surface area contributed by atoms with Crippen LogP contribution in [-0.4, -0.2) is 25.2 Å². The van der Waals surface area contributed by atoms with Gasteiger partial charge in [-0.05, 0) is 38.0 Å². The molecule has 1 aromatic rings. The summed E-state index contributed by atoms with van der Waals surface area (Å²) in [6.07, 6.45) is 4.13. The van der Waals surface area contributed by atoms with Gasteiger partial charge in [-0.3, -0.25) is 4.79 Å². The van der Waals surface area contributed by atoms with Crippen LogP contribution in [0.15, 0.2) is 29.4 Å². The molecule has 110 valence electrons. The summed E-state index contributed by atoms with van der Waals surface area (Å²) in [4.78, 5) is 13.7. The Morgan fingerprint density at radius 3 is 2.40 bits per heavy atom. The topological polar surface area (TPSA) is 44.7 Å². The van der Waals surface area contributed by atoms with E-state index >= 15 is 0 Å². The highest BCUT2D eigenvalue weighted by Crippen LogP contribution is 2.13. The van der Waals surface area contributed by atoms with Crippen LogP contribution in [0.1, 0.15) is 45.6 Å². The molecule has 0 unspecified atom stereocenters. The van der Waals surface area contributed by atoms with Crippen molar-refractivity contribution >= 4 is 17.8 Å². The van der Waals surface area contributed by atoms with Crippen molar-refractivity contribution in [3.8, 4) is 0 Å². The highest BCUT2D eigenvalue weighted by molar-refractivity contribution is 5.82. The summed E-state index contributed by atoms with van der Waals surface area (Å²) >= 11 is 0. The fourth-order valence-electron chi connectivity index (χ4n) is 1.93. The molecule has 1 rings (SSSR count). The Morgan fingerprint density at radius 1 is 1.20 bits per heavy atom. The third kappa shape index (κ3) is 5.43. The molecule has 0 aromatic heterocycles. The van der Waals surface area contributed by atoms with Crippen molar-refractivity contribution in [2.45, 2.75) is 40.0 Å². The first-order chi connectivity index (χ1) is 9.71. The lowest BCUT2D eigenvalue weighted by atomic mass is 10.2. The average molecular weight is 275 g/mol. The first-order valence-electron chi connectivity index (χ1n) is 7.38. The number of hydrogen-bond donors (Lipinski definition) is 1. The summed E-state index contributed by atoms with van der Waals surface area (Å²) in [7, 11) is 0. The minimum Gasteiger partial charge on any atom is -0.372 e. The number of anilines is 1. The first kappa shape index (κ1) is 16.2. The Balaban J connectivity index is 2.50. The largest absolute Gasteiger partial charge is 0.372 e. The molecule has 0 aliphatic heterocycles. The van der Waals surface area contributed by atoms with Gasteiger partial charge in [0.25, 0.3) is 0 Å². The molecule has 0 aliphatic carbocycles. The van der Waals surface area contributed by atoms with E-state index in [1.165, 1.54) is 5.69 Å². The maximum Gasteiger partial charge on any atom is 0.240 e. The van der Waals surface area contributed by atoms with Crippen LogP contribution < -0.4 is 10.3 Å². The molecular formula is C16H25N3O. The molecule has 0 saturated carbocycles. The van der Waals surface area contributed by atoms with E-state index in [4.69, 9.17) is 0 Å². The highest BCUT2D eigenvalue weighted by Gasteiger charge is 2.00. The zero-order valence-corrected chi connectivity index (χ0v) is 12.7. The number of benzene rings is 1. The number of hydrazone groups is 1. The zero-order valence-electron chi connectivity index (χ0n) is 12.7. The third-order valence-corrected chi connectivity index (χ3v) is 3.18. The van der Waals surface area contributed by atoms with E-state index in [1.807, 2.05) is 12.1 Å². The van der Waals surface area contributed by atoms with Crippen LogP contribution in [0.3, 0.4) is 0 Å². The standard InChI is InChI=1S/C16H25N3O/c1-4-7-8-16(20)18-17-13-14-9-11-15(12-10-14)19(5-2)6-3/h9-13H,4-8H2,1-3H3,(H,18,20)/b17-13+. The van der Waals surface area contributed by atoms with Crippen LogP contribution in [0, 0.1) is 0 Å². The number of hydrogen-bond acceptors (Lipinski definition) is 3. The Bertz CT molecular complexity index is 422. The molecule has 0 aliphatic rings. The van der Waals surface area contributed by atoms with Gasteiger partial charge in [0, 0.05) is 25.2 Å². The predicted molar refractivity (Wildman–Crippen MR) is 85.3 cm³/mol. The zero-order chi connectivity index (χ0) is 14.8. The van der Waals surface area contributed by atoms with Gasteiger partial charge in [0.15, 0.2) is 0 Å². The Hall–Kier alpha value is -1.84. The number of carbonyl (C=O) groups is 1. The molecule has 4 heteroatoms. The van der Waals surface area contributed by atoms with Gasteiger partial charge >= 0.3 is 0 Å². The van der Waals surface area contributed by atoms with Crippen LogP contribution in [0.25, 0.3) is 0 Å². The van der Waals surface area contributed by atoms with Gasteiger partial charge in [-0.25, -0.2) is 5.43 Å². The van der Waals surface area contributed by atoms with Crippen molar-refractivity contribution in [2.24, 2.45) is 5.10 Å². The molecule has 0 atom stereocenters. The summed E-state index contributed by atoms with van der Waals surface area (Å²) in [5.74, 6) is -0.0251. The average Bonchev–Trinajstić information content (AvgIpc) is 2.48. The molecule has 1 aromatic carbocycles. The van der Waals surface area contributed by atoms with E-state index in [1.54, 1.807) is 6.21 Å². The van der Waals surface area contributed by atoms with Crippen LogP contribution >= 0.6 is 0 Å². The van der Waals surface area contributed by atoms with Crippen LogP contribution in [-0.2, 0) is 4.79 Å². The molecule has 4 nitrogen and oxygen atoms in total. The summed E-state index contributed by atoms with van der Waals surface area (Å²) < 4.78 is 0. The fourth-order valence-corrected chi connectivity index (χ4v) is 1.93. The van der Waals surface area contributed by atoms with Crippen molar-refractivity contribution in [3.63, 3.8) is 0 Å². The second-order valence-corrected chi connectivity index (χ2v) is 4.66. The second-order valence-electron chi connectivity index (χ2n) is 4.66. The molecule has 20 heavy (non-hydrogen) atoms. The van der Waals surface area contributed by atoms with Crippen molar-refractivity contribution in [2.75, 3.05) is 18.0 Å². The third-order valence-electron chi connectivity index (χ3n) is 3.18. The van der Waals surface area contributed by atoms with Gasteiger partial charge in [0.05, 0.1) is 6.21 Å². The minimum atomic E-state index is -0.0251. The van der Waals surface area contributed by atoms with Crippen molar-refractivity contribution in [1.29, 1.82) is 0 Å². The Labute approximate surface area is 121 Å². The van der Waals surface area contributed by atoms with Gasteiger partial charge in [0.2, 0.25) is 5.91 Å². The van der Waals surface area contributed by atoms with E-state index in [0.29, 0.717) is 6.42 Å². The smallest absolute Gasteiger partial charge is 0.240 e. The van der Waals surface area contributed by atoms with Crippen LogP contribution in [0.5, 0.6) is 0 Å². The fraction of sp³-hybridized carbons (Fsp3) is 0.500. The second kappa shape index (κ2) is 9.13. The van der Waals surface area contributed by atoms with E-state index in [-0.39, 0.29) is 5.91 Å². The van der Waals surface area contributed by atoms with Crippen molar-refractivity contribution in [3.05, 3.63) is 29.8 Å². The van der Waals surface area contributed by atoms with Crippen LogP contribution in [0.4, 0.5) is 5.69 Å². The normalized spacial score (nSPS) is 10.8. The molecule has 1 N–H and O–H groups in total. The van der Waals surface area contributed by atoms with Crippen molar-refractivity contribution in [1.82, 2.24) is 5.43 Å². The molecule has 0 radical (unpaired) electrons. The Morgan fingerprint density at radius 2 is 1.85 bits per heavy atom. The van der Waals surface area contributed by atoms with Gasteiger partial charge in [-0.15, -0.1) is 0 Å². The minimum absolute atomic E-state index is 0.0251. The number of nitrogens with one attached hydrogen (secondary N) is 1. The number of rotatable bonds is 8. The molecule has 1 amide bonds. The molecule has 0 saturated heterocycles. The van der Waals surface area contributed by atoms with E-state index in [0.717, 1.165) is 31.5 Å². The van der Waals surface area contributed by atoms with Gasteiger partial charge in [0.1, 0.15) is 0 Å². The predicted octanol–water partition coefficient (Wildman–Crippen LogP) is 3.17. The number of unbranched alkanes of at least 4 members (excludes halogenated alkanes) is 1. The first-order valence-corrected chi connectivity index (χ1v) is 7.38. The van der Waals surface area contributed by atoms with Gasteiger partial charge in [-0.1, -0.05) is 25.5 Å². The monoisotopic (exact) mass is 275 g/mol. The van der Waals surface area contributed by atoms with E-state index < -0.39 is 0 Å². The maximum absolute atomic E-state index is 11.4. The maximum atomic E-state index is 11.4. The summed E-state index contributed by atoms with van der Waals surface area (Å²) in [5.41, 5.74) is 4.74. The Kier molecular flexibility index (Phi) is 7.40. The lowest BCUT2D eigenvalue weighted by Gasteiger charge is -2.20. The molecule has 0 heterocycles. The van der Waals surface area contributed by atoms with Gasteiger partial charge in [-0.2, -0.15) is 5.10 Å². The lowest BCUT2D eigenvalue weighted by molar-refractivity contribution is -0.121. The van der Waals surface area contributed by atoms with E-state index in [2.05, 4.69) is 48.3 Å². The lowest BCUT2D eigenvalue weighted by Crippen LogP contribution is -2.21. The van der Waals surface area contributed by atoms with Gasteiger partial charge < -0.3 is 4.90 Å².